The Morgan fingerprint density at radius 1 is 1.00 bits per heavy atom. The second-order valence-electron chi connectivity index (χ2n) is 6.47. The maximum absolute atomic E-state index is 11.8. The second kappa shape index (κ2) is 8.87. The predicted octanol–water partition coefficient (Wildman–Crippen LogP) is 5.88. The second-order valence-corrected chi connectivity index (χ2v) is 7.39. The minimum atomic E-state index is -0.835. The molecule has 0 saturated carbocycles. The molecule has 0 aliphatic carbocycles. The van der Waals surface area contributed by atoms with Crippen molar-refractivity contribution in [3.05, 3.63) is 100 Å². The smallest absolute Gasteiger partial charge is 0.307 e. The topological polar surface area (TPSA) is 46.5 Å². The molecule has 0 aromatic heterocycles. The quantitative estimate of drug-likeness (QED) is 0.514. The summed E-state index contributed by atoms with van der Waals surface area (Å²) in [6.07, 6.45) is 0. The third kappa shape index (κ3) is 4.77. The molecule has 0 aliphatic heterocycles. The summed E-state index contributed by atoms with van der Waals surface area (Å²) in [7, 11) is 0. The molecule has 0 radical (unpaired) electrons. The van der Waals surface area contributed by atoms with Gasteiger partial charge in [0.05, 0.1) is 5.92 Å². The van der Waals surface area contributed by atoms with Crippen molar-refractivity contribution < 1.29 is 14.6 Å². The van der Waals surface area contributed by atoms with Crippen molar-refractivity contribution in [3.63, 3.8) is 0 Å². The van der Waals surface area contributed by atoms with E-state index in [1.165, 1.54) is 0 Å². The van der Waals surface area contributed by atoms with Crippen molar-refractivity contribution in [2.45, 2.75) is 19.4 Å². The van der Waals surface area contributed by atoms with Gasteiger partial charge in [-0.15, -0.1) is 0 Å². The SMILES string of the molecule is CC(C(=O)O)C(c1ccccc1)c1cc(Br)ccc1OCc1ccccc1. The molecule has 3 rings (SSSR count). The van der Waals surface area contributed by atoms with Crippen molar-refractivity contribution in [2.75, 3.05) is 0 Å². The zero-order valence-electron chi connectivity index (χ0n) is 15.0. The fourth-order valence-electron chi connectivity index (χ4n) is 3.17. The van der Waals surface area contributed by atoms with Crippen LogP contribution in [0.5, 0.6) is 5.75 Å². The Bertz CT molecular complexity index is 894. The summed E-state index contributed by atoms with van der Waals surface area (Å²) in [5.41, 5.74) is 2.88. The summed E-state index contributed by atoms with van der Waals surface area (Å²) in [5.74, 6) is -1.05. The van der Waals surface area contributed by atoms with Gasteiger partial charge in [0.15, 0.2) is 0 Å². The molecule has 1 N–H and O–H groups in total. The summed E-state index contributed by atoms with van der Waals surface area (Å²) < 4.78 is 6.99. The highest BCUT2D eigenvalue weighted by Gasteiger charge is 2.29. The molecular formula is C23H21BrO3. The van der Waals surface area contributed by atoms with Crippen molar-refractivity contribution in [1.29, 1.82) is 0 Å². The molecule has 0 fully saturated rings. The average molecular weight is 425 g/mol. The van der Waals surface area contributed by atoms with E-state index in [0.29, 0.717) is 12.4 Å². The van der Waals surface area contributed by atoms with Gasteiger partial charge in [-0.2, -0.15) is 0 Å². The van der Waals surface area contributed by atoms with Crippen molar-refractivity contribution in [3.8, 4) is 5.75 Å². The maximum Gasteiger partial charge on any atom is 0.307 e. The molecule has 0 bridgehead atoms. The third-order valence-electron chi connectivity index (χ3n) is 4.59. The number of benzene rings is 3. The summed E-state index contributed by atoms with van der Waals surface area (Å²) in [6.45, 7) is 2.17. The average Bonchev–Trinajstić information content (AvgIpc) is 2.69. The van der Waals surface area contributed by atoms with Crippen molar-refractivity contribution >= 4 is 21.9 Å². The fourth-order valence-corrected chi connectivity index (χ4v) is 3.55. The zero-order valence-corrected chi connectivity index (χ0v) is 16.6. The number of rotatable bonds is 7. The first-order valence-electron chi connectivity index (χ1n) is 8.80. The van der Waals surface area contributed by atoms with E-state index in [-0.39, 0.29) is 5.92 Å². The van der Waals surface area contributed by atoms with Crippen LogP contribution in [-0.2, 0) is 11.4 Å². The minimum absolute atomic E-state index is 0.313. The lowest BCUT2D eigenvalue weighted by Gasteiger charge is -2.25. The number of carboxylic acids is 1. The van der Waals surface area contributed by atoms with Gasteiger partial charge in [-0.05, 0) is 29.3 Å². The lowest BCUT2D eigenvalue weighted by atomic mass is 9.81. The first-order chi connectivity index (χ1) is 13.1. The van der Waals surface area contributed by atoms with Crippen molar-refractivity contribution in [2.24, 2.45) is 5.92 Å². The number of hydrogen-bond donors (Lipinski definition) is 1. The predicted molar refractivity (Wildman–Crippen MR) is 110 cm³/mol. The highest BCUT2D eigenvalue weighted by Crippen LogP contribution is 2.39. The Morgan fingerprint density at radius 3 is 2.26 bits per heavy atom. The van der Waals surface area contributed by atoms with Crippen LogP contribution >= 0.6 is 15.9 Å². The minimum Gasteiger partial charge on any atom is -0.489 e. The number of carboxylic acid groups (broad SMARTS) is 1. The Labute approximate surface area is 167 Å². The molecule has 0 spiro atoms. The van der Waals surface area contributed by atoms with Gasteiger partial charge in [0, 0.05) is 16.0 Å². The van der Waals surface area contributed by atoms with Gasteiger partial charge in [-0.25, -0.2) is 0 Å². The van der Waals surface area contributed by atoms with Gasteiger partial charge in [-0.3, -0.25) is 4.79 Å². The monoisotopic (exact) mass is 424 g/mol. The van der Waals surface area contributed by atoms with Crippen LogP contribution in [0.25, 0.3) is 0 Å². The van der Waals surface area contributed by atoms with E-state index in [9.17, 15) is 9.90 Å². The maximum atomic E-state index is 11.8. The van der Waals surface area contributed by atoms with E-state index in [1.54, 1.807) is 6.92 Å². The molecule has 138 valence electrons. The highest BCUT2D eigenvalue weighted by atomic mass is 79.9. The van der Waals surface area contributed by atoms with Crippen LogP contribution in [0, 0.1) is 5.92 Å². The molecule has 4 heteroatoms. The van der Waals surface area contributed by atoms with Crippen LogP contribution in [0.4, 0.5) is 0 Å². The van der Waals surface area contributed by atoms with E-state index in [0.717, 1.165) is 21.2 Å². The van der Waals surface area contributed by atoms with Gasteiger partial charge in [-0.1, -0.05) is 83.5 Å². The van der Waals surface area contributed by atoms with Crippen LogP contribution in [0.1, 0.15) is 29.5 Å². The third-order valence-corrected chi connectivity index (χ3v) is 5.09. The number of halogens is 1. The highest BCUT2D eigenvalue weighted by molar-refractivity contribution is 9.10. The van der Waals surface area contributed by atoms with Gasteiger partial charge in [0.1, 0.15) is 12.4 Å². The van der Waals surface area contributed by atoms with Crippen LogP contribution in [0.3, 0.4) is 0 Å². The standard InChI is InChI=1S/C23H21BrO3/c1-16(23(25)26)22(18-10-6-3-7-11-18)20-14-19(24)12-13-21(20)27-15-17-8-4-2-5-9-17/h2-14,16,22H,15H2,1H3,(H,25,26). The first-order valence-corrected chi connectivity index (χ1v) is 9.59. The molecule has 3 nitrogen and oxygen atoms in total. The van der Waals surface area contributed by atoms with E-state index in [2.05, 4.69) is 15.9 Å². The number of carbonyl (C=O) groups is 1. The Hall–Kier alpha value is -2.59. The van der Waals surface area contributed by atoms with Gasteiger partial charge < -0.3 is 9.84 Å². The molecule has 0 aliphatic rings. The molecule has 2 atom stereocenters. The molecule has 0 heterocycles. The first kappa shape index (κ1) is 19.2. The summed E-state index contributed by atoms with van der Waals surface area (Å²) in [5, 5.41) is 9.69. The summed E-state index contributed by atoms with van der Waals surface area (Å²) in [6, 6.07) is 25.4. The van der Waals surface area contributed by atoms with E-state index >= 15 is 0 Å². The Kier molecular flexibility index (Phi) is 6.30. The molecular weight excluding hydrogens is 404 g/mol. The zero-order chi connectivity index (χ0) is 19.2. The normalized spacial score (nSPS) is 13.0. The molecule has 2 unspecified atom stereocenters. The molecule has 27 heavy (non-hydrogen) atoms. The molecule has 3 aromatic carbocycles. The lowest BCUT2D eigenvalue weighted by molar-refractivity contribution is -0.141. The lowest BCUT2D eigenvalue weighted by Crippen LogP contribution is -2.21. The van der Waals surface area contributed by atoms with Gasteiger partial charge in [0.2, 0.25) is 0 Å². The van der Waals surface area contributed by atoms with Gasteiger partial charge >= 0.3 is 5.97 Å². The number of aliphatic carboxylic acids is 1. The summed E-state index contributed by atoms with van der Waals surface area (Å²) >= 11 is 3.52. The Morgan fingerprint density at radius 2 is 1.63 bits per heavy atom. The van der Waals surface area contributed by atoms with Crippen LogP contribution < -0.4 is 4.74 Å². The van der Waals surface area contributed by atoms with Crippen molar-refractivity contribution in [1.82, 2.24) is 0 Å². The van der Waals surface area contributed by atoms with Crippen LogP contribution in [0.15, 0.2) is 83.3 Å². The summed E-state index contributed by atoms with van der Waals surface area (Å²) in [4.78, 5) is 11.8. The number of ether oxygens (including phenoxy) is 1. The van der Waals surface area contributed by atoms with E-state index < -0.39 is 11.9 Å². The number of hydrogen-bond acceptors (Lipinski definition) is 2. The molecule has 3 aromatic rings. The van der Waals surface area contributed by atoms with E-state index in [4.69, 9.17) is 4.74 Å². The fraction of sp³-hybridized carbons (Fsp3) is 0.174. The van der Waals surface area contributed by atoms with Crippen LogP contribution in [-0.4, -0.2) is 11.1 Å². The molecule has 0 amide bonds. The largest absolute Gasteiger partial charge is 0.489 e. The van der Waals surface area contributed by atoms with E-state index in [1.807, 2.05) is 78.9 Å². The Balaban J connectivity index is 2.00. The van der Waals surface area contributed by atoms with Gasteiger partial charge in [0.25, 0.3) is 0 Å². The molecule has 0 saturated heterocycles. The van der Waals surface area contributed by atoms with Crippen LogP contribution in [0.2, 0.25) is 0 Å².